The van der Waals surface area contributed by atoms with Crippen LogP contribution in [0.1, 0.15) is 16.7 Å². The highest BCUT2D eigenvalue weighted by molar-refractivity contribution is 6.34. The lowest BCUT2D eigenvalue weighted by Crippen LogP contribution is -2.11. The lowest BCUT2D eigenvalue weighted by atomic mass is 10.1. The first-order chi connectivity index (χ1) is 9.38. The summed E-state index contributed by atoms with van der Waals surface area (Å²) in [6, 6.07) is 8.73. The molecule has 0 saturated carbocycles. The number of ether oxygens (including phenoxy) is 1. The fraction of sp³-hybridized carbons (Fsp3) is 0.133. The van der Waals surface area contributed by atoms with Crippen molar-refractivity contribution in [3.05, 3.63) is 57.1 Å². The first-order valence-corrected chi connectivity index (χ1v) is 6.72. The second-order valence-electron chi connectivity index (χ2n) is 4.53. The summed E-state index contributed by atoms with van der Waals surface area (Å²) in [4.78, 5) is 0. The third-order valence-electron chi connectivity index (χ3n) is 2.88. The third-order valence-corrected chi connectivity index (χ3v) is 3.41. The van der Waals surface area contributed by atoms with Gasteiger partial charge < -0.3 is 10.5 Å². The van der Waals surface area contributed by atoms with Crippen molar-refractivity contribution in [1.29, 1.82) is 5.41 Å². The van der Waals surface area contributed by atoms with Gasteiger partial charge in [0.1, 0.15) is 17.3 Å². The monoisotopic (exact) mass is 308 g/mol. The van der Waals surface area contributed by atoms with E-state index in [0.29, 0.717) is 21.4 Å². The van der Waals surface area contributed by atoms with E-state index in [4.69, 9.17) is 39.1 Å². The van der Waals surface area contributed by atoms with Crippen LogP contribution in [-0.2, 0) is 0 Å². The fourth-order valence-corrected chi connectivity index (χ4v) is 2.55. The van der Waals surface area contributed by atoms with Crippen LogP contribution in [0.25, 0.3) is 0 Å². The van der Waals surface area contributed by atoms with Crippen LogP contribution < -0.4 is 10.5 Å². The van der Waals surface area contributed by atoms with Gasteiger partial charge in [0, 0.05) is 16.7 Å². The minimum atomic E-state index is -0.0691. The number of halogens is 2. The largest absolute Gasteiger partial charge is 0.457 e. The van der Waals surface area contributed by atoms with Crippen molar-refractivity contribution >= 4 is 29.0 Å². The van der Waals surface area contributed by atoms with Crippen LogP contribution >= 0.6 is 23.2 Å². The smallest absolute Gasteiger partial charge is 0.133 e. The molecule has 20 heavy (non-hydrogen) atoms. The maximum Gasteiger partial charge on any atom is 0.133 e. The van der Waals surface area contributed by atoms with E-state index in [9.17, 15) is 0 Å². The summed E-state index contributed by atoms with van der Waals surface area (Å²) in [5, 5.41) is 8.46. The van der Waals surface area contributed by atoms with E-state index < -0.39 is 0 Å². The molecule has 2 aromatic carbocycles. The maximum absolute atomic E-state index is 7.40. The van der Waals surface area contributed by atoms with Crippen molar-refractivity contribution in [2.45, 2.75) is 13.8 Å². The highest BCUT2D eigenvalue weighted by Crippen LogP contribution is 2.33. The first-order valence-electron chi connectivity index (χ1n) is 5.97. The Kier molecular flexibility index (Phi) is 4.21. The molecule has 5 heteroatoms. The number of nitrogen functional groups attached to an aromatic ring is 1. The van der Waals surface area contributed by atoms with E-state index in [0.717, 1.165) is 16.9 Å². The summed E-state index contributed by atoms with van der Waals surface area (Å²) in [6.07, 6.45) is 0. The van der Waals surface area contributed by atoms with Crippen LogP contribution in [0.5, 0.6) is 11.5 Å². The lowest BCUT2D eigenvalue weighted by molar-refractivity contribution is 0.475. The van der Waals surface area contributed by atoms with Crippen LogP contribution in [0.3, 0.4) is 0 Å². The molecule has 0 heterocycles. The number of hydrogen-bond donors (Lipinski definition) is 2. The Morgan fingerprint density at radius 1 is 1.10 bits per heavy atom. The molecule has 0 aliphatic rings. The molecule has 0 amide bonds. The zero-order valence-electron chi connectivity index (χ0n) is 11.1. The van der Waals surface area contributed by atoms with Gasteiger partial charge in [0.05, 0.1) is 5.02 Å². The minimum Gasteiger partial charge on any atom is -0.457 e. The fourth-order valence-electron chi connectivity index (χ4n) is 1.95. The Labute approximate surface area is 127 Å². The highest BCUT2D eigenvalue weighted by atomic mass is 35.5. The van der Waals surface area contributed by atoms with E-state index in [1.807, 2.05) is 26.0 Å². The summed E-state index contributed by atoms with van der Waals surface area (Å²) in [5.74, 6) is 1.27. The number of hydrogen-bond acceptors (Lipinski definition) is 2. The van der Waals surface area contributed by atoms with Crippen molar-refractivity contribution in [3.8, 4) is 11.5 Å². The van der Waals surface area contributed by atoms with Gasteiger partial charge in [-0.2, -0.15) is 0 Å². The average molecular weight is 309 g/mol. The molecule has 2 aromatic rings. The van der Waals surface area contributed by atoms with Gasteiger partial charge in [-0.15, -0.1) is 0 Å². The standard InChI is InChI=1S/C15H14Cl2N2O/c1-8-5-10(16)6-9(2)14(8)20-11-3-4-12(15(18)19)13(17)7-11/h3-7H,1-2H3,(H3,18,19). The van der Waals surface area contributed by atoms with Crippen LogP contribution in [0.2, 0.25) is 10.0 Å². The molecular formula is C15H14Cl2N2O. The van der Waals surface area contributed by atoms with E-state index in [-0.39, 0.29) is 5.84 Å². The molecule has 0 saturated heterocycles. The number of amidine groups is 1. The molecule has 0 aromatic heterocycles. The number of nitrogens with two attached hydrogens (primary N) is 1. The molecule has 0 bridgehead atoms. The van der Waals surface area contributed by atoms with Gasteiger partial charge in [-0.3, -0.25) is 5.41 Å². The number of nitrogens with one attached hydrogen (secondary N) is 1. The molecule has 2 rings (SSSR count). The summed E-state index contributed by atoms with van der Waals surface area (Å²) in [5.41, 5.74) is 7.81. The normalized spacial score (nSPS) is 10.4. The summed E-state index contributed by atoms with van der Waals surface area (Å²) in [6.45, 7) is 3.86. The van der Waals surface area contributed by atoms with Crippen molar-refractivity contribution in [2.24, 2.45) is 5.73 Å². The van der Waals surface area contributed by atoms with Gasteiger partial charge >= 0.3 is 0 Å². The van der Waals surface area contributed by atoms with Gasteiger partial charge in [-0.25, -0.2) is 0 Å². The lowest BCUT2D eigenvalue weighted by Gasteiger charge is -2.13. The molecule has 3 N–H and O–H groups in total. The summed E-state index contributed by atoms with van der Waals surface area (Å²) < 4.78 is 5.86. The number of benzene rings is 2. The molecule has 0 aliphatic carbocycles. The van der Waals surface area contributed by atoms with Crippen molar-refractivity contribution in [1.82, 2.24) is 0 Å². The second-order valence-corrected chi connectivity index (χ2v) is 5.37. The topological polar surface area (TPSA) is 59.1 Å². The number of rotatable bonds is 3. The summed E-state index contributed by atoms with van der Waals surface area (Å²) in [7, 11) is 0. The minimum absolute atomic E-state index is 0.0691. The molecule has 0 spiro atoms. The van der Waals surface area contributed by atoms with Gasteiger partial charge in [-0.1, -0.05) is 23.2 Å². The quantitative estimate of drug-likeness (QED) is 0.638. The Morgan fingerprint density at radius 2 is 1.70 bits per heavy atom. The molecule has 0 aliphatic heterocycles. The van der Waals surface area contributed by atoms with Crippen LogP contribution in [0.15, 0.2) is 30.3 Å². The SMILES string of the molecule is Cc1cc(Cl)cc(C)c1Oc1ccc(C(=N)N)c(Cl)c1. The Morgan fingerprint density at radius 3 is 2.20 bits per heavy atom. The molecule has 0 radical (unpaired) electrons. The predicted octanol–water partition coefficient (Wildman–Crippen LogP) is 4.69. The van der Waals surface area contributed by atoms with E-state index in [1.54, 1.807) is 18.2 Å². The third kappa shape index (κ3) is 3.06. The number of aryl methyl sites for hydroxylation is 2. The highest BCUT2D eigenvalue weighted by Gasteiger charge is 2.09. The average Bonchev–Trinajstić information content (AvgIpc) is 2.33. The maximum atomic E-state index is 7.40. The van der Waals surface area contributed by atoms with Gasteiger partial charge in [0.15, 0.2) is 0 Å². The molecular weight excluding hydrogens is 295 g/mol. The first kappa shape index (κ1) is 14.7. The van der Waals surface area contributed by atoms with Crippen molar-refractivity contribution in [3.63, 3.8) is 0 Å². The zero-order valence-corrected chi connectivity index (χ0v) is 12.6. The van der Waals surface area contributed by atoms with E-state index in [1.165, 1.54) is 0 Å². The van der Waals surface area contributed by atoms with Crippen LogP contribution in [-0.4, -0.2) is 5.84 Å². The molecule has 0 fully saturated rings. The Hall–Kier alpha value is -1.71. The van der Waals surface area contributed by atoms with Crippen molar-refractivity contribution in [2.75, 3.05) is 0 Å². The molecule has 0 unspecified atom stereocenters. The summed E-state index contributed by atoms with van der Waals surface area (Å²) >= 11 is 12.1. The van der Waals surface area contributed by atoms with Gasteiger partial charge in [-0.05, 0) is 49.2 Å². The molecule has 104 valence electrons. The molecule has 0 atom stereocenters. The van der Waals surface area contributed by atoms with E-state index >= 15 is 0 Å². The molecule has 3 nitrogen and oxygen atoms in total. The zero-order chi connectivity index (χ0) is 14.9. The Balaban J connectivity index is 2.36. The second kappa shape index (κ2) is 5.73. The van der Waals surface area contributed by atoms with Crippen molar-refractivity contribution < 1.29 is 4.74 Å². The Bertz CT molecular complexity index is 661. The predicted molar refractivity (Wildman–Crippen MR) is 83.5 cm³/mol. The van der Waals surface area contributed by atoms with Crippen LogP contribution in [0, 0.1) is 19.3 Å². The van der Waals surface area contributed by atoms with Gasteiger partial charge in [0.25, 0.3) is 0 Å². The van der Waals surface area contributed by atoms with Crippen LogP contribution in [0.4, 0.5) is 0 Å². The van der Waals surface area contributed by atoms with E-state index in [2.05, 4.69) is 0 Å². The van der Waals surface area contributed by atoms with Gasteiger partial charge in [0.2, 0.25) is 0 Å².